The van der Waals surface area contributed by atoms with Crippen LogP contribution in [-0.4, -0.2) is 40.0 Å². The van der Waals surface area contributed by atoms with Crippen LogP contribution in [0.25, 0.3) is 11.0 Å². The maximum Gasteiger partial charge on any atom is 0.252 e. The number of rotatable bonds is 6. The van der Waals surface area contributed by atoms with Crippen LogP contribution in [0.1, 0.15) is 36.0 Å². The van der Waals surface area contributed by atoms with E-state index in [0.29, 0.717) is 35.0 Å². The largest absolute Gasteiger partial charge is 0.366 e. The van der Waals surface area contributed by atoms with Crippen LogP contribution in [-0.2, 0) is 0 Å². The van der Waals surface area contributed by atoms with Gasteiger partial charge in [-0.25, -0.2) is 4.98 Å². The monoisotopic (exact) mass is 391 g/mol. The first-order valence-corrected chi connectivity index (χ1v) is 9.86. The molecule has 8 nitrogen and oxygen atoms in total. The van der Waals surface area contributed by atoms with Crippen molar-refractivity contribution < 1.29 is 4.79 Å². The fourth-order valence-electron chi connectivity index (χ4n) is 3.83. The number of amides is 1. The number of carbonyl (C=O) groups is 1. The van der Waals surface area contributed by atoms with Gasteiger partial charge in [-0.05, 0) is 50.2 Å². The summed E-state index contributed by atoms with van der Waals surface area (Å²) in [7, 11) is 1.99. The lowest BCUT2D eigenvalue weighted by molar-refractivity contribution is 0.100. The molecule has 8 heteroatoms. The van der Waals surface area contributed by atoms with Gasteiger partial charge in [-0.1, -0.05) is 12.8 Å². The van der Waals surface area contributed by atoms with Gasteiger partial charge in [0.25, 0.3) is 5.91 Å². The van der Waals surface area contributed by atoms with E-state index in [4.69, 9.17) is 5.73 Å². The molecular weight excluding hydrogens is 366 g/mol. The summed E-state index contributed by atoms with van der Waals surface area (Å²) in [4.78, 5) is 25.3. The molecule has 150 valence electrons. The van der Waals surface area contributed by atoms with E-state index in [2.05, 4.69) is 30.9 Å². The number of fused-ring (bicyclic) bond motifs is 1. The average Bonchev–Trinajstić information content (AvgIpc) is 2.74. The highest BCUT2D eigenvalue weighted by Gasteiger charge is 2.24. The molecule has 4 rings (SSSR count). The summed E-state index contributed by atoms with van der Waals surface area (Å²) in [6.45, 7) is 0. The lowest BCUT2D eigenvalue weighted by atomic mass is 9.90. The Morgan fingerprint density at radius 3 is 2.72 bits per heavy atom. The minimum atomic E-state index is -0.538. The number of primary amides is 1. The first-order chi connectivity index (χ1) is 14.1. The fourth-order valence-corrected chi connectivity index (χ4v) is 3.83. The topological polar surface area (TPSA) is 118 Å². The predicted molar refractivity (Wildman–Crippen MR) is 114 cm³/mol. The molecule has 29 heavy (non-hydrogen) atoms. The van der Waals surface area contributed by atoms with Crippen molar-refractivity contribution in [2.75, 3.05) is 17.7 Å². The van der Waals surface area contributed by atoms with Crippen LogP contribution in [0, 0.1) is 0 Å². The molecule has 5 N–H and O–H groups in total. The van der Waals surface area contributed by atoms with Crippen molar-refractivity contribution in [2.24, 2.45) is 5.73 Å². The minimum absolute atomic E-state index is 0.292. The van der Waals surface area contributed by atoms with E-state index in [1.54, 1.807) is 24.5 Å². The number of pyridine rings is 3. The lowest BCUT2D eigenvalue weighted by Crippen LogP contribution is -2.44. The van der Waals surface area contributed by atoms with E-state index >= 15 is 0 Å². The Morgan fingerprint density at radius 1 is 1.10 bits per heavy atom. The third-order valence-corrected chi connectivity index (χ3v) is 5.34. The molecule has 0 radical (unpaired) electrons. The quantitative estimate of drug-likeness (QED) is 0.510. The highest BCUT2D eigenvalue weighted by Crippen LogP contribution is 2.25. The third kappa shape index (κ3) is 4.27. The van der Waals surface area contributed by atoms with Gasteiger partial charge in [-0.2, -0.15) is 0 Å². The standard InChI is InChI=1S/C21H25N7O/c1-23-15-5-2-3-6-17(15)27-19-9-8-14(20(22)29)21(28-19)26-13-11-18-16(25-12-13)7-4-10-24-18/h4,7-12,15,17,23H,2-3,5-6H2,1H3,(H2,22,29)(H2,26,27,28)/t15-,17?/m0/s1. The van der Waals surface area contributed by atoms with E-state index in [9.17, 15) is 4.79 Å². The Kier molecular flexibility index (Phi) is 5.53. The van der Waals surface area contributed by atoms with Crippen molar-refractivity contribution in [3.05, 3.63) is 48.3 Å². The average molecular weight is 391 g/mol. The van der Waals surface area contributed by atoms with Gasteiger partial charge < -0.3 is 21.7 Å². The van der Waals surface area contributed by atoms with Gasteiger partial charge in [-0.3, -0.25) is 14.8 Å². The molecule has 1 amide bonds. The zero-order valence-electron chi connectivity index (χ0n) is 16.4. The highest BCUT2D eigenvalue weighted by atomic mass is 16.1. The lowest BCUT2D eigenvalue weighted by Gasteiger charge is -2.32. The molecule has 1 fully saturated rings. The number of nitrogens with zero attached hydrogens (tertiary/aromatic N) is 3. The maximum atomic E-state index is 11.9. The minimum Gasteiger partial charge on any atom is -0.366 e. The molecule has 3 aromatic heterocycles. The van der Waals surface area contributed by atoms with E-state index in [1.165, 1.54) is 12.8 Å². The van der Waals surface area contributed by atoms with Crippen LogP contribution in [0.5, 0.6) is 0 Å². The molecule has 0 aromatic carbocycles. The number of carbonyl (C=O) groups excluding carboxylic acids is 1. The van der Waals surface area contributed by atoms with Gasteiger partial charge in [-0.15, -0.1) is 0 Å². The van der Waals surface area contributed by atoms with Gasteiger partial charge in [0, 0.05) is 18.3 Å². The van der Waals surface area contributed by atoms with Gasteiger partial charge >= 0.3 is 0 Å². The number of anilines is 3. The van der Waals surface area contributed by atoms with E-state index in [0.717, 1.165) is 23.9 Å². The van der Waals surface area contributed by atoms with E-state index in [-0.39, 0.29) is 0 Å². The normalized spacial score (nSPS) is 19.1. The number of hydrogen-bond acceptors (Lipinski definition) is 7. The maximum absolute atomic E-state index is 11.9. The Bertz CT molecular complexity index is 1020. The number of aromatic nitrogens is 3. The van der Waals surface area contributed by atoms with Crippen LogP contribution >= 0.6 is 0 Å². The van der Waals surface area contributed by atoms with E-state index in [1.807, 2.05) is 25.2 Å². The highest BCUT2D eigenvalue weighted by molar-refractivity contribution is 5.98. The van der Waals surface area contributed by atoms with Gasteiger partial charge in [0.1, 0.15) is 11.6 Å². The molecule has 1 saturated carbocycles. The van der Waals surface area contributed by atoms with Gasteiger partial charge in [0.2, 0.25) is 0 Å². The molecule has 0 bridgehead atoms. The summed E-state index contributed by atoms with van der Waals surface area (Å²) in [5.74, 6) is 0.567. The number of nitrogens with two attached hydrogens (primary N) is 1. The van der Waals surface area contributed by atoms with Crippen LogP contribution < -0.4 is 21.7 Å². The molecule has 3 aromatic rings. The van der Waals surface area contributed by atoms with Crippen LogP contribution in [0.15, 0.2) is 42.7 Å². The van der Waals surface area contributed by atoms with Crippen molar-refractivity contribution >= 4 is 34.3 Å². The predicted octanol–water partition coefficient (Wildman–Crippen LogP) is 2.81. The van der Waals surface area contributed by atoms with Crippen molar-refractivity contribution in [3.8, 4) is 0 Å². The van der Waals surface area contributed by atoms with Crippen molar-refractivity contribution in [3.63, 3.8) is 0 Å². The van der Waals surface area contributed by atoms with Crippen LogP contribution in [0.3, 0.4) is 0 Å². The molecular formula is C21H25N7O. The van der Waals surface area contributed by atoms with Crippen molar-refractivity contribution in [1.82, 2.24) is 20.3 Å². The summed E-state index contributed by atoms with van der Waals surface area (Å²) in [5, 5.41) is 10.1. The number of nitrogens with one attached hydrogen (secondary N) is 3. The van der Waals surface area contributed by atoms with Crippen molar-refractivity contribution in [1.29, 1.82) is 0 Å². The number of hydrogen-bond donors (Lipinski definition) is 4. The number of likely N-dealkylation sites (N-methyl/N-ethyl adjacent to an activating group) is 1. The first-order valence-electron chi connectivity index (χ1n) is 9.86. The summed E-state index contributed by atoms with van der Waals surface area (Å²) in [6.07, 6.45) is 8.04. The zero-order valence-corrected chi connectivity index (χ0v) is 16.4. The van der Waals surface area contributed by atoms with Crippen molar-refractivity contribution in [2.45, 2.75) is 37.8 Å². The Labute approximate surface area is 169 Å². The molecule has 3 heterocycles. The van der Waals surface area contributed by atoms with Crippen LogP contribution in [0.2, 0.25) is 0 Å². The third-order valence-electron chi connectivity index (χ3n) is 5.34. The second-order valence-electron chi connectivity index (χ2n) is 7.28. The molecule has 1 unspecified atom stereocenters. The van der Waals surface area contributed by atoms with Crippen LogP contribution in [0.4, 0.5) is 17.3 Å². The van der Waals surface area contributed by atoms with Gasteiger partial charge in [0.05, 0.1) is 28.5 Å². The first kappa shape index (κ1) is 19.1. The van der Waals surface area contributed by atoms with E-state index < -0.39 is 5.91 Å². The molecule has 1 aliphatic rings. The molecule has 1 aliphatic carbocycles. The molecule has 2 atom stereocenters. The summed E-state index contributed by atoms with van der Waals surface area (Å²) >= 11 is 0. The van der Waals surface area contributed by atoms with Gasteiger partial charge in [0.15, 0.2) is 0 Å². The molecule has 0 aliphatic heterocycles. The Morgan fingerprint density at radius 2 is 1.93 bits per heavy atom. The second kappa shape index (κ2) is 8.40. The molecule has 0 spiro atoms. The molecule has 0 saturated heterocycles. The smallest absolute Gasteiger partial charge is 0.252 e. The fraction of sp³-hybridized carbons (Fsp3) is 0.333. The summed E-state index contributed by atoms with van der Waals surface area (Å²) < 4.78 is 0. The Balaban J connectivity index is 1.61. The summed E-state index contributed by atoms with van der Waals surface area (Å²) in [5.41, 5.74) is 8.13. The zero-order chi connectivity index (χ0) is 20.2. The Hall–Kier alpha value is -3.26. The SMILES string of the molecule is CN[C@H]1CCCCC1Nc1ccc(C(N)=O)c(Nc2cnc3cccnc3c2)n1. The second-order valence-corrected chi connectivity index (χ2v) is 7.28. The summed E-state index contributed by atoms with van der Waals surface area (Å²) in [6, 6.07) is 9.79.